The molecule has 1 N–H and O–H groups in total. The van der Waals surface area contributed by atoms with E-state index in [1.54, 1.807) is 0 Å². The van der Waals surface area contributed by atoms with E-state index in [-0.39, 0.29) is 29.7 Å². The Labute approximate surface area is 148 Å². The van der Waals surface area contributed by atoms with Crippen LogP contribution in [-0.2, 0) is 12.4 Å². The molecule has 0 aromatic carbocycles. The summed E-state index contributed by atoms with van der Waals surface area (Å²) in [4.78, 5) is 0. The van der Waals surface area contributed by atoms with Gasteiger partial charge in [-0.05, 0) is 0 Å². The maximum atomic E-state index is 5.33. The Morgan fingerprint density at radius 2 is 0.381 bits per heavy atom. The first-order valence-corrected chi connectivity index (χ1v) is 7.68. The monoisotopic (exact) mass is 331 g/mol. The number of hydrogen-bond acceptors (Lipinski definition) is 2. The Hall–Kier alpha value is 0.0200. The minimum Gasteiger partial charge on any atom is -0.235 e. The highest BCUT2D eigenvalue weighted by atomic mass is 32.1. The van der Waals surface area contributed by atoms with Gasteiger partial charge in [0.25, 0.3) is 0 Å². The molecule has 21 heavy (non-hydrogen) atoms. The zero-order valence-electron chi connectivity index (χ0n) is 14.4. The van der Waals surface area contributed by atoms with Crippen molar-refractivity contribution in [3.63, 3.8) is 0 Å². The molecule has 0 aliphatic heterocycles. The third-order valence-electron chi connectivity index (χ3n) is 0. The molecule has 0 aromatic heterocycles. The maximum absolute atomic E-state index is 5.33. The molecule has 1 nitrogen and oxygen atoms in total. The lowest BCUT2D eigenvalue weighted by molar-refractivity contribution is 1.09. The summed E-state index contributed by atoms with van der Waals surface area (Å²) < 4.78 is 5.33. The number of nitrogens with one attached hydrogen (secondary N) is 1. The Balaban J connectivity index is -0.00000000836. The quantitative estimate of drug-likeness (QED) is 0.469. The molecule has 0 spiro atoms. The fourth-order valence-corrected chi connectivity index (χ4v) is 0. The zero-order valence-corrected chi connectivity index (χ0v) is 15.3. The molecule has 0 aliphatic rings. The SMILES string of the molecule is C.C.C.C.CCC.CCC.CCC.CCC.CCC.N=S. The van der Waals surface area contributed by atoms with Gasteiger partial charge in [0.2, 0.25) is 0 Å². The first-order valence-electron chi connectivity index (χ1n) is 7.28. The second-order valence-electron chi connectivity index (χ2n) is 3.54. The van der Waals surface area contributed by atoms with E-state index in [9.17, 15) is 0 Å². The van der Waals surface area contributed by atoms with Crippen LogP contribution in [0.4, 0.5) is 0 Å². The molecule has 0 bridgehead atoms. The molecule has 0 saturated heterocycles. The molecular weight excluding hydrogens is 274 g/mol. The van der Waals surface area contributed by atoms with Crippen LogP contribution < -0.4 is 0 Å². The normalized spacial score (nSPS) is 4.48. The van der Waals surface area contributed by atoms with Crippen molar-refractivity contribution < 1.29 is 0 Å². The van der Waals surface area contributed by atoms with Gasteiger partial charge in [-0.1, -0.05) is 131 Å². The molecule has 0 saturated carbocycles. The standard InChI is InChI=1S/5C3H8.4CH4.HNS/c5*1-3-2;;;;;1-2/h5*3H2,1-2H3;4*1H4;1H. The van der Waals surface area contributed by atoms with Crippen molar-refractivity contribution in [2.45, 2.75) is 131 Å². The summed E-state index contributed by atoms with van der Waals surface area (Å²) in [6.45, 7) is 21.2. The zero-order chi connectivity index (χ0) is 15.5. The van der Waals surface area contributed by atoms with Gasteiger partial charge in [-0.25, -0.2) is 4.78 Å². The highest BCUT2D eigenvalue weighted by Gasteiger charge is 1.36. The molecule has 0 amide bonds. The molecular formula is C19H57NS. The van der Waals surface area contributed by atoms with Crippen LogP contribution in [0.5, 0.6) is 0 Å². The maximum Gasteiger partial charge on any atom is 0.0324 e. The highest BCUT2D eigenvalue weighted by molar-refractivity contribution is 7.45. The number of rotatable bonds is 0. The van der Waals surface area contributed by atoms with Gasteiger partial charge in [0.15, 0.2) is 0 Å². The van der Waals surface area contributed by atoms with Crippen LogP contribution in [-0.4, -0.2) is 0 Å². The van der Waals surface area contributed by atoms with Crippen LogP contribution in [0.1, 0.15) is 131 Å². The lowest BCUT2D eigenvalue weighted by Gasteiger charge is -1.48. The Morgan fingerprint density at radius 3 is 0.381 bits per heavy atom. The van der Waals surface area contributed by atoms with Gasteiger partial charge in [-0.2, -0.15) is 0 Å². The van der Waals surface area contributed by atoms with Gasteiger partial charge in [0.1, 0.15) is 0 Å². The molecule has 0 aliphatic carbocycles. The average Bonchev–Trinajstić information content (AvgIpc) is 2.25. The first kappa shape index (κ1) is 69.4. The van der Waals surface area contributed by atoms with Crippen LogP contribution in [0.2, 0.25) is 0 Å². The summed E-state index contributed by atoms with van der Waals surface area (Å²) in [5.74, 6) is 0. The van der Waals surface area contributed by atoms with Crippen LogP contribution in [0.25, 0.3) is 0 Å². The lowest BCUT2D eigenvalue weighted by atomic mass is 10.6. The molecule has 0 heterocycles. The van der Waals surface area contributed by atoms with E-state index in [4.69, 9.17) is 4.78 Å². The number of hydrogen-bond donors (Lipinski definition) is 1. The molecule has 2 heteroatoms. The summed E-state index contributed by atoms with van der Waals surface area (Å²) in [7, 11) is 0. The first-order chi connectivity index (χ1) is 8.07. The lowest BCUT2D eigenvalue weighted by Crippen LogP contribution is -1.27. The van der Waals surface area contributed by atoms with Crippen LogP contribution >= 0.6 is 0 Å². The molecule has 0 rings (SSSR count). The Kier molecular flexibility index (Phi) is 949. The predicted octanol–water partition coefficient (Wildman–Crippen LogP) is 9.92. The van der Waals surface area contributed by atoms with Crippen LogP contribution in [0, 0.1) is 4.78 Å². The van der Waals surface area contributed by atoms with E-state index < -0.39 is 0 Å². The largest absolute Gasteiger partial charge is 0.235 e. The van der Waals surface area contributed by atoms with Gasteiger partial charge >= 0.3 is 0 Å². The summed E-state index contributed by atoms with van der Waals surface area (Å²) in [5.41, 5.74) is 0. The third-order valence-corrected chi connectivity index (χ3v) is 0. The predicted molar refractivity (Wildman–Crippen MR) is 117 cm³/mol. The smallest absolute Gasteiger partial charge is 0.0324 e. The van der Waals surface area contributed by atoms with Crippen molar-refractivity contribution in [2.75, 3.05) is 0 Å². The van der Waals surface area contributed by atoms with Crippen molar-refractivity contribution in [3.05, 3.63) is 0 Å². The van der Waals surface area contributed by atoms with E-state index in [0.29, 0.717) is 0 Å². The fourth-order valence-electron chi connectivity index (χ4n) is 0. The summed E-state index contributed by atoms with van der Waals surface area (Å²) in [6, 6.07) is 0. The molecule has 144 valence electrons. The van der Waals surface area contributed by atoms with Gasteiger partial charge in [-0.15, -0.1) is 0 Å². The summed E-state index contributed by atoms with van der Waals surface area (Å²) in [5, 5.41) is 0. The third kappa shape index (κ3) is 16300000. The van der Waals surface area contributed by atoms with E-state index >= 15 is 0 Å². The van der Waals surface area contributed by atoms with E-state index in [0.717, 1.165) is 0 Å². The van der Waals surface area contributed by atoms with Gasteiger partial charge in [-0.3, -0.25) is 0 Å². The van der Waals surface area contributed by atoms with Crippen LogP contribution in [0.3, 0.4) is 0 Å². The molecule has 0 aromatic rings. The Morgan fingerprint density at radius 1 is 0.381 bits per heavy atom. The molecule has 0 atom stereocenters. The van der Waals surface area contributed by atoms with Crippen molar-refractivity contribution in [1.29, 1.82) is 4.78 Å². The summed E-state index contributed by atoms with van der Waals surface area (Å²) in [6.07, 6.45) is 6.25. The van der Waals surface area contributed by atoms with Crippen molar-refractivity contribution in [3.8, 4) is 0 Å². The average molecular weight is 332 g/mol. The van der Waals surface area contributed by atoms with Crippen molar-refractivity contribution >= 4 is 12.4 Å². The molecule has 0 fully saturated rings. The molecule has 0 unspecified atom stereocenters. The van der Waals surface area contributed by atoms with Crippen LogP contribution in [0.15, 0.2) is 0 Å². The van der Waals surface area contributed by atoms with E-state index in [1.165, 1.54) is 32.1 Å². The minimum absolute atomic E-state index is 0. The van der Waals surface area contributed by atoms with Crippen molar-refractivity contribution in [2.24, 2.45) is 0 Å². The molecule has 0 radical (unpaired) electrons. The highest BCUT2D eigenvalue weighted by Crippen LogP contribution is 1.57. The van der Waals surface area contributed by atoms with E-state index in [1.807, 2.05) is 0 Å². The summed E-state index contributed by atoms with van der Waals surface area (Å²) >= 11 is 3.33. The van der Waals surface area contributed by atoms with E-state index in [2.05, 4.69) is 81.7 Å². The van der Waals surface area contributed by atoms with Gasteiger partial charge < -0.3 is 0 Å². The second-order valence-corrected chi connectivity index (χ2v) is 3.54. The minimum atomic E-state index is 0. The Bertz CT molecular complexity index is 30.9. The van der Waals surface area contributed by atoms with Crippen molar-refractivity contribution in [1.82, 2.24) is 0 Å². The topological polar surface area (TPSA) is 23.9 Å². The second kappa shape index (κ2) is 287. The van der Waals surface area contributed by atoms with Gasteiger partial charge in [0.05, 0.1) is 0 Å². The van der Waals surface area contributed by atoms with Gasteiger partial charge in [0, 0.05) is 12.4 Å². The fraction of sp³-hybridized carbons (Fsp3) is 1.00.